The fraction of sp³-hybridized carbons (Fsp3) is 0.231. The first-order chi connectivity index (χ1) is 8.08. The Kier molecular flexibility index (Phi) is 4.13. The number of benzene rings is 1. The summed E-state index contributed by atoms with van der Waals surface area (Å²) in [5.74, 6) is 0.865. The Hall–Kier alpha value is -0.510. The van der Waals surface area contributed by atoms with Crippen molar-refractivity contribution in [3.8, 4) is 5.75 Å². The molecule has 2 aromatic rings. The van der Waals surface area contributed by atoms with E-state index >= 15 is 0 Å². The fourth-order valence-corrected chi connectivity index (χ4v) is 3.05. The minimum Gasteiger partial charge on any atom is -0.488 e. The van der Waals surface area contributed by atoms with Crippen molar-refractivity contribution in [1.82, 2.24) is 0 Å². The molecule has 0 saturated carbocycles. The third-order valence-electron chi connectivity index (χ3n) is 2.47. The standard InChI is InChI=1S/C13H12BrClOS/c1-8-5-10(6-9(2)13(8)15)16-7-12-11(14)3-4-17-12/h3-6H,7H2,1-2H3. The monoisotopic (exact) mass is 330 g/mol. The molecule has 0 amide bonds. The van der Waals surface area contributed by atoms with E-state index in [1.807, 2.05) is 37.4 Å². The number of hydrogen-bond acceptors (Lipinski definition) is 2. The quantitative estimate of drug-likeness (QED) is 0.735. The molecule has 0 fully saturated rings. The summed E-state index contributed by atoms with van der Waals surface area (Å²) >= 11 is 11.3. The van der Waals surface area contributed by atoms with Crippen LogP contribution in [0, 0.1) is 13.8 Å². The minimum atomic E-state index is 0.582. The van der Waals surface area contributed by atoms with Gasteiger partial charge in [-0.05, 0) is 64.5 Å². The molecule has 1 aromatic carbocycles. The lowest BCUT2D eigenvalue weighted by atomic mass is 10.1. The van der Waals surface area contributed by atoms with E-state index in [1.165, 1.54) is 4.88 Å². The molecule has 0 N–H and O–H groups in total. The van der Waals surface area contributed by atoms with Gasteiger partial charge in [-0.15, -0.1) is 11.3 Å². The van der Waals surface area contributed by atoms with Gasteiger partial charge >= 0.3 is 0 Å². The number of ether oxygens (including phenoxy) is 1. The predicted molar refractivity (Wildman–Crippen MR) is 77.3 cm³/mol. The van der Waals surface area contributed by atoms with Crippen molar-refractivity contribution in [2.75, 3.05) is 0 Å². The summed E-state index contributed by atoms with van der Waals surface area (Å²) in [5.41, 5.74) is 2.10. The average Bonchev–Trinajstić information content (AvgIpc) is 2.69. The number of hydrogen-bond donors (Lipinski definition) is 0. The summed E-state index contributed by atoms with van der Waals surface area (Å²) in [5, 5.41) is 2.86. The largest absolute Gasteiger partial charge is 0.488 e. The molecule has 1 heterocycles. The summed E-state index contributed by atoms with van der Waals surface area (Å²) in [6.45, 7) is 4.56. The van der Waals surface area contributed by atoms with E-state index in [9.17, 15) is 0 Å². The molecule has 0 unspecified atom stereocenters. The van der Waals surface area contributed by atoms with Crippen LogP contribution in [-0.2, 0) is 6.61 Å². The van der Waals surface area contributed by atoms with Gasteiger partial charge in [0.15, 0.2) is 0 Å². The predicted octanol–water partition coefficient (Wildman–Crippen LogP) is 5.36. The van der Waals surface area contributed by atoms with E-state index in [1.54, 1.807) is 11.3 Å². The summed E-state index contributed by atoms with van der Waals surface area (Å²) in [6, 6.07) is 5.97. The van der Waals surface area contributed by atoms with Gasteiger partial charge in [-0.3, -0.25) is 0 Å². The van der Waals surface area contributed by atoms with Crippen LogP contribution in [0.5, 0.6) is 5.75 Å². The number of rotatable bonds is 3. The Balaban J connectivity index is 2.12. The number of thiophene rings is 1. The number of halogens is 2. The Morgan fingerprint density at radius 3 is 2.47 bits per heavy atom. The van der Waals surface area contributed by atoms with Gasteiger partial charge in [-0.2, -0.15) is 0 Å². The van der Waals surface area contributed by atoms with Crippen LogP contribution in [0.25, 0.3) is 0 Å². The normalized spacial score (nSPS) is 10.6. The van der Waals surface area contributed by atoms with Crippen molar-refractivity contribution in [1.29, 1.82) is 0 Å². The second-order valence-corrected chi connectivity index (χ2v) is 6.08. The van der Waals surface area contributed by atoms with Crippen molar-refractivity contribution in [2.45, 2.75) is 20.5 Å². The third-order valence-corrected chi connectivity index (χ3v) is 4.97. The highest BCUT2D eigenvalue weighted by Gasteiger charge is 2.06. The van der Waals surface area contributed by atoms with Gasteiger partial charge < -0.3 is 4.74 Å². The van der Waals surface area contributed by atoms with E-state index in [-0.39, 0.29) is 0 Å². The second kappa shape index (κ2) is 5.42. The minimum absolute atomic E-state index is 0.582. The van der Waals surface area contributed by atoms with E-state index in [0.717, 1.165) is 26.4 Å². The molecule has 0 aliphatic carbocycles. The molecular weight excluding hydrogens is 320 g/mol. The van der Waals surface area contributed by atoms with Gasteiger partial charge in [-0.1, -0.05) is 11.6 Å². The molecule has 90 valence electrons. The van der Waals surface area contributed by atoms with Crippen LogP contribution in [0.4, 0.5) is 0 Å². The lowest BCUT2D eigenvalue weighted by Gasteiger charge is -2.09. The smallest absolute Gasteiger partial charge is 0.124 e. The molecule has 0 atom stereocenters. The maximum Gasteiger partial charge on any atom is 0.124 e. The van der Waals surface area contributed by atoms with Crippen LogP contribution in [0.2, 0.25) is 5.02 Å². The molecular formula is C13H12BrClOS. The van der Waals surface area contributed by atoms with E-state index in [2.05, 4.69) is 15.9 Å². The maximum absolute atomic E-state index is 6.11. The Bertz CT molecular complexity index is 513. The van der Waals surface area contributed by atoms with Crippen molar-refractivity contribution in [2.24, 2.45) is 0 Å². The van der Waals surface area contributed by atoms with E-state index in [0.29, 0.717) is 6.61 Å². The van der Waals surface area contributed by atoms with Crippen LogP contribution in [0.15, 0.2) is 28.1 Å². The van der Waals surface area contributed by atoms with Gasteiger partial charge in [-0.25, -0.2) is 0 Å². The van der Waals surface area contributed by atoms with Gasteiger partial charge in [0.05, 0.1) is 4.88 Å². The van der Waals surface area contributed by atoms with Crippen LogP contribution in [0.1, 0.15) is 16.0 Å². The fourth-order valence-electron chi connectivity index (χ4n) is 1.57. The third kappa shape index (κ3) is 3.03. The van der Waals surface area contributed by atoms with Crippen molar-refractivity contribution >= 4 is 38.9 Å². The highest BCUT2D eigenvalue weighted by atomic mass is 79.9. The molecule has 1 aromatic heterocycles. The second-order valence-electron chi connectivity index (χ2n) is 3.85. The Labute approximate surface area is 119 Å². The van der Waals surface area contributed by atoms with Gasteiger partial charge in [0.1, 0.15) is 12.4 Å². The first kappa shape index (κ1) is 12.9. The highest BCUT2D eigenvalue weighted by Crippen LogP contribution is 2.28. The van der Waals surface area contributed by atoms with Gasteiger partial charge in [0.2, 0.25) is 0 Å². The van der Waals surface area contributed by atoms with Crippen molar-refractivity contribution in [3.05, 3.63) is 49.1 Å². The summed E-state index contributed by atoms with van der Waals surface area (Å²) < 4.78 is 6.87. The molecule has 4 heteroatoms. The Morgan fingerprint density at radius 1 is 1.29 bits per heavy atom. The molecule has 0 saturated heterocycles. The molecule has 0 bridgehead atoms. The Morgan fingerprint density at radius 2 is 1.94 bits per heavy atom. The van der Waals surface area contributed by atoms with E-state index in [4.69, 9.17) is 16.3 Å². The highest BCUT2D eigenvalue weighted by molar-refractivity contribution is 9.10. The zero-order valence-corrected chi connectivity index (χ0v) is 12.7. The van der Waals surface area contributed by atoms with E-state index < -0.39 is 0 Å². The van der Waals surface area contributed by atoms with Crippen LogP contribution < -0.4 is 4.74 Å². The SMILES string of the molecule is Cc1cc(OCc2sccc2Br)cc(C)c1Cl. The maximum atomic E-state index is 6.11. The topological polar surface area (TPSA) is 9.23 Å². The molecule has 0 aliphatic heterocycles. The molecule has 1 nitrogen and oxygen atoms in total. The number of aryl methyl sites for hydroxylation is 2. The molecule has 0 radical (unpaired) electrons. The van der Waals surface area contributed by atoms with Crippen molar-refractivity contribution in [3.63, 3.8) is 0 Å². The zero-order valence-electron chi connectivity index (χ0n) is 9.59. The summed E-state index contributed by atoms with van der Waals surface area (Å²) in [4.78, 5) is 1.19. The first-order valence-electron chi connectivity index (χ1n) is 5.19. The molecule has 17 heavy (non-hydrogen) atoms. The molecule has 0 aliphatic rings. The zero-order chi connectivity index (χ0) is 12.4. The van der Waals surface area contributed by atoms with Gasteiger partial charge in [0, 0.05) is 9.50 Å². The summed E-state index contributed by atoms with van der Waals surface area (Å²) in [7, 11) is 0. The summed E-state index contributed by atoms with van der Waals surface area (Å²) in [6.07, 6.45) is 0. The van der Waals surface area contributed by atoms with Crippen LogP contribution in [-0.4, -0.2) is 0 Å². The average molecular weight is 332 g/mol. The first-order valence-corrected chi connectivity index (χ1v) is 7.24. The van der Waals surface area contributed by atoms with Gasteiger partial charge in [0.25, 0.3) is 0 Å². The van der Waals surface area contributed by atoms with Crippen LogP contribution in [0.3, 0.4) is 0 Å². The van der Waals surface area contributed by atoms with Crippen LogP contribution >= 0.6 is 38.9 Å². The lowest BCUT2D eigenvalue weighted by Crippen LogP contribution is -1.95. The van der Waals surface area contributed by atoms with Crippen molar-refractivity contribution < 1.29 is 4.74 Å². The molecule has 0 spiro atoms. The lowest BCUT2D eigenvalue weighted by molar-refractivity contribution is 0.309. The molecule has 2 rings (SSSR count).